The number of amides is 1. The number of carbonyl (C=O) groups is 1. The van der Waals surface area contributed by atoms with Crippen LogP contribution in [0.3, 0.4) is 0 Å². The fourth-order valence-corrected chi connectivity index (χ4v) is 3.97. The lowest BCUT2D eigenvalue weighted by atomic mass is 9.94. The van der Waals surface area contributed by atoms with Crippen LogP contribution in [0.25, 0.3) is 0 Å². The Morgan fingerprint density at radius 2 is 2.09 bits per heavy atom. The highest BCUT2D eigenvalue weighted by Gasteiger charge is 2.35. The van der Waals surface area contributed by atoms with Gasteiger partial charge in [0.15, 0.2) is 0 Å². The van der Waals surface area contributed by atoms with Crippen molar-refractivity contribution >= 4 is 5.91 Å². The molecule has 2 fully saturated rings. The maximum Gasteiger partial charge on any atom is 0.227 e. The topological polar surface area (TPSA) is 36.7 Å². The van der Waals surface area contributed by atoms with Gasteiger partial charge < -0.3 is 9.32 Å². The molecular weight excluding hydrogens is 276 g/mol. The quantitative estimate of drug-likeness (QED) is 0.855. The molecule has 0 bridgehead atoms. The second-order valence-electron chi connectivity index (χ2n) is 6.91. The summed E-state index contributed by atoms with van der Waals surface area (Å²) in [4.78, 5) is 17.2. The van der Waals surface area contributed by atoms with Gasteiger partial charge in [-0.3, -0.25) is 9.69 Å². The molecule has 0 radical (unpaired) electrons. The van der Waals surface area contributed by atoms with Crippen molar-refractivity contribution in [2.24, 2.45) is 5.92 Å². The lowest BCUT2D eigenvalue weighted by Crippen LogP contribution is -2.39. The van der Waals surface area contributed by atoms with Crippen molar-refractivity contribution in [1.82, 2.24) is 9.80 Å². The average Bonchev–Trinajstić information content (AvgIpc) is 3.25. The Morgan fingerprint density at radius 1 is 1.32 bits per heavy atom. The minimum Gasteiger partial charge on any atom is -0.467 e. The van der Waals surface area contributed by atoms with Crippen molar-refractivity contribution in [1.29, 1.82) is 0 Å². The highest BCUT2D eigenvalue weighted by Crippen LogP contribution is 2.30. The van der Waals surface area contributed by atoms with E-state index < -0.39 is 0 Å². The highest BCUT2D eigenvalue weighted by atomic mass is 16.3. The SMILES string of the molecule is C[C@H](c1ccco1)N(C)C(=O)[C@H]1CCN(C2CCCCC2)C1. The van der Waals surface area contributed by atoms with E-state index in [0.717, 1.165) is 31.3 Å². The third-order valence-electron chi connectivity index (χ3n) is 5.54. The van der Waals surface area contributed by atoms with Gasteiger partial charge in [0.25, 0.3) is 0 Å². The van der Waals surface area contributed by atoms with E-state index in [9.17, 15) is 4.79 Å². The summed E-state index contributed by atoms with van der Waals surface area (Å²) in [6, 6.07) is 4.55. The monoisotopic (exact) mass is 304 g/mol. The maximum absolute atomic E-state index is 12.8. The Morgan fingerprint density at radius 3 is 2.77 bits per heavy atom. The van der Waals surface area contributed by atoms with E-state index in [1.165, 1.54) is 32.1 Å². The maximum atomic E-state index is 12.8. The molecule has 2 aliphatic rings. The third-order valence-corrected chi connectivity index (χ3v) is 5.54. The molecule has 22 heavy (non-hydrogen) atoms. The van der Waals surface area contributed by atoms with Gasteiger partial charge in [-0.2, -0.15) is 0 Å². The molecule has 1 amide bonds. The first-order valence-corrected chi connectivity index (χ1v) is 8.71. The lowest BCUT2D eigenvalue weighted by Gasteiger charge is -2.31. The van der Waals surface area contributed by atoms with Crippen LogP contribution in [0.2, 0.25) is 0 Å². The van der Waals surface area contributed by atoms with Crippen molar-refractivity contribution in [2.45, 2.75) is 57.5 Å². The number of likely N-dealkylation sites (tertiary alicyclic amines) is 1. The predicted octanol–water partition coefficient (Wildman–Crippen LogP) is 3.45. The fraction of sp³-hybridized carbons (Fsp3) is 0.722. The minimum atomic E-state index is 0.00577. The van der Waals surface area contributed by atoms with Crippen molar-refractivity contribution in [2.75, 3.05) is 20.1 Å². The Labute approximate surface area is 133 Å². The summed E-state index contributed by atoms with van der Waals surface area (Å²) in [6.45, 7) is 4.06. The van der Waals surface area contributed by atoms with E-state index in [-0.39, 0.29) is 17.9 Å². The minimum absolute atomic E-state index is 0.00577. The van der Waals surface area contributed by atoms with Gasteiger partial charge in [0.2, 0.25) is 5.91 Å². The Hall–Kier alpha value is -1.29. The van der Waals surface area contributed by atoms with Gasteiger partial charge in [0.05, 0.1) is 18.2 Å². The molecule has 122 valence electrons. The van der Waals surface area contributed by atoms with Crippen LogP contribution >= 0.6 is 0 Å². The van der Waals surface area contributed by atoms with Crippen molar-refractivity contribution in [3.8, 4) is 0 Å². The first-order chi connectivity index (χ1) is 10.7. The molecule has 2 atom stereocenters. The zero-order chi connectivity index (χ0) is 15.5. The van der Waals surface area contributed by atoms with Crippen LogP contribution in [0.15, 0.2) is 22.8 Å². The van der Waals surface area contributed by atoms with E-state index in [4.69, 9.17) is 4.42 Å². The average molecular weight is 304 g/mol. The Balaban J connectivity index is 1.56. The van der Waals surface area contributed by atoms with Gasteiger partial charge in [0, 0.05) is 19.6 Å². The molecule has 1 aliphatic heterocycles. The van der Waals surface area contributed by atoms with E-state index in [0.29, 0.717) is 0 Å². The molecule has 1 saturated heterocycles. The van der Waals surface area contributed by atoms with Gasteiger partial charge in [0.1, 0.15) is 5.76 Å². The molecule has 3 rings (SSSR count). The second kappa shape index (κ2) is 6.86. The van der Waals surface area contributed by atoms with Crippen LogP contribution < -0.4 is 0 Å². The van der Waals surface area contributed by atoms with Crippen LogP contribution in [0.5, 0.6) is 0 Å². The first-order valence-electron chi connectivity index (χ1n) is 8.71. The second-order valence-corrected chi connectivity index (χ2v) is 6.91. The normalized spacial score (nSPS) is 25.3. The molecule has 2 heterocycles. The highest BCUT2D eigenvalue weighted by molar-refractivity contribution is 5.79. The number of nitrogens with zero attached hydrogens (tertiary/aromatic N) is 2. The molecule has 1 aromatic heterocycles. The zero-order valence-corrected chi connectivity index (χ0v) is 13.8. The smallest absolute Gasteiger partial charge is 0.227 e. The van der Waals surface area contributed by atoms with Crippen molar-refractivity contribution in [3.05, 3.63) is 24.2 Å². The molecule has 1 saturated carbocycles. The molecule has 4 heteroatoms. The number of hydrogen-bond donors (Lipinski definition) is 0. The van der Waals surface area contributed by atoms with Gasteiger partial charge in [-0.05, 0) is 44.9 Å². The summed E-state index contributed by atoms with van der Waals surface area (Å²) in [5.74, 6) is 1.28. The molecule has 0 unspecified atom stereocenters. The van der Waals surface area contributed by atoms with E-state index >= 15 is 0 Å². The van der Waals surface area contributed by atoms with Crippen LogP contribution in [-0.4, -0.2) is 41.9 Å². The van der Waals surface area contributed by atoms with E-state index in [2.05, 4.69) is 4.90 Å². The first kappa shape index (κ1) is 15.6. The molecular formula is C18H28N2O2. The number of furan rings is 1. The molecule has 0 N–H and O–H groups in total. The summed E-state index contributed by atoms with van der Waals surface area (Å²) >= 11 is 0. The van der Waals surface area contributed by atoms with Crippen LogP contribution in [0.1, 0.15) is 57.3 Å². The van der Waals surface area contributed by atoms with Gasteiger partial charge in [-0.1, -0.05) is 19.3 Å². The standard InChI is InChI=1S/C18H28N2O2/c1-14(17-9-6-12-22-17)19(2)18(21)15-10-11-20(13-15)16-7-4-3-5-8-16/h6,9,12,14-16H,3-5,7-8,10-11,13H2,1-2H3/t14-,15+/m1/s1. The third kappa shape index (κ3) is 3.22. The Bertz CT molecular complexity index is 479. The lowest BCUT2D eigenvalue weighted by molar-refractivity contribution is -0.136. The molecule has 4 nitrogen and oxygen atoms in total. The molecule has 0 aromatic carbocycles. The molecule has 1 aromatic rings. The largest absolute Gasteiger partial charge is 0.467 e. The predicted molar refractivity (Wildman–Crippen MR) is 86.4 cm³/mol. The van der Waals surface area contributed by atoms with E-state index in [1.807, 2.05) is 31.0 Å². The van der Waals surface area contributed by atoms with E-state index in [1.54, 1.807) is 6.26 Å². The van der Waals surface area contributed by atoms with Gasteiger partial charge in [-0.15, -0.1) is 0 Å². The fourth-order valence-electron chi connectivity index (χ4n) is 3.97. The van der Waals surface area contributed by atoms with Gasteiger partial charge in [-0.25, -0.2) is 0 Å². The zero-order valence-electron chi connectivity index (χ0n) is 13.8. The summed E-state index contributed by atoms with van der Waals surface area (Å²) in [5.41, 5.74) is 0. The van der Waals surface area contributed by atoms with Crippen LogP contribution in [0, 0.1) is 5.92 Å². The number of rotatable bonds is 4. The van der Waals surface area contributed by atoms with Crippen molar-refractivity contribution in [3.63, 3.8) is 0 Å². The number of carbonyl (C=O) groups excluding carboxylic acids is 1. The molecule has 1 aliphatic carbocycles. The van der Waals surface area contributed by atoms with Crippen LogP contribution in [-0.2, 0) is 4.79 Å². The Kier molecular flexibility index (Phi) is 4.87. The van der Waals surface area contributed by atoms with Gasteiger partial charge >= 0.3 is 0 Å². The number of hydrogen-bond acceptors (Lipinski definition) is 3. The molecule has 0 spiro atoms. The van der Waals surface area contributed by atoms with Crippen LogP contribution in [0.4, 0.5) is 0 Å². The summed E-state index contributed by atoms with van der Waals surface area (Å²) in [6.07, 6.45) is 9.41. The summed E-state index contributed by atoms with van der Waals surface area (Å²) in [5, 5.41) is 0. The van der Waals surface area contributed by atoms with Crippen molar-refractivity contribution < 1.29 is 9.21 Å². The summed E-state index contributed by atoms with van der Waals surface area (Å²) in [7, 11) is 1.90. The summed E-state index contributed by atoms with van der Waals surface area (Å²) < 4.78 is 5.44.